The van der Waals surface area contributed by atoms with Gasteiger partial charge in [-0.25, -0.2) is 4.98 Å². The average Bonchev–Trinajstić information content (AvgIpc) is 2.92. The third kappa shape index (κ3) is 3.38. The summed E-state index contributed by atoms with van der Waals surface area (Å²) in [4.78, 5) is 32.5. The van der Waals surface area contributed by atoms with Gasteiger partial charge in [-0.2, -0.15) is 0 Å². The first-order valence-electron chi connectivity index (χ1n) is 9.16. The quantitative estimate of drug-likeness (QED) is 0.897. The van der Waals surface area contributed by atoms with Crippen molar-refractivity contribution in [3.63, 3.8) is 0 Å². The van der Waals surface area contributed by atoms with Crippen molar-refractivity contribution in [1.82, 2.24) is 9.88 Å². The topological polar surface area (TPSA) is 62.3 Å². The number of hydrogen-bond donors (Lipinski definition) is 1. The molecule has 1 saturated carbocycles. The van der Waals surface area contributed by atoms with E-state index in [1.165, 1.54) is 11.3 Å². The molecular formula is C20H23N3O2S. The Balaban J connectivity index is 1.47. The van der Waals surface area contributed by atoms with Crippen molar-refractivity contribution in [3.8, 4) is 0 Å². The predicted molar refractivity (Wildman–Crippen MR) is 102 cm³/mol. The van der Waals surface area contributed by atoms with Crippen LogP contribution in [-0.4, -0.2) is 28.2 Å². The molecule has 4 rings (SSSR count). The van der Waals surface area contributed by atoms with Gasteiger partial charge in [-0.1, -0.05) is 35.0 Å². The Morgan fingerprint density at radius 3 is 2.58 bits per heavy atom. The average molecular weight is 369 g/mol. The first-order valence-corrected chi connectivity index (χ1v) is 9.98. The van der Waals surface area contributed by atoms with Crippen molar-refractivity contribution in [2.75, 3.05) is 11.9 Å². The van der Waals surface area contributed by atoms with Gasteiger partial charge in [0.15, 0.2) is 5.13 Å². The van der Waals surface area contributed by atoms with Crippen molar-refractivity contribution < 1.29 is 9.59 Å². The van der Waals surface area contributed by atoms with Gasteiger partial charge in [-0.15, -0.1) is 0 Å². The van der Waals surface area contributed by atoms with Crippen LogP contribution in [0.5, 0.6) is 0 Å². The maximum atomic E-state index is 12.9. The van der Waals surface area contributed by atoms with Crippen molar-refractivity contribution >= 4 is 28.3 Å². The SMILES string of the molecule is Cc1cc(C)cc(C(=O)N2CCc3nc(NC(=O)C4CCC4)sc3C2)c1. The van der Waals surface area contributed by atoms with Gasteiger partial charge < -0.3 is 10.2 Å². The van der Waals surface area contributed by atoms with E-state index in [1.54, 1.807) is 0 Å². The van der Waals surface area contributed by atoms with Gasteiger partial charge in [0.1, 0.15) is 0 Å². The van der Waals surface area contributed by atoms with Crippen molar-refractivity contribution in [2.24, 2.45) is 5.92 Å². The Labute approximate surface area is 157 Å². The van der Waals surface area contributed by atoms with E-state index in [2.05, 4.69) is 16.4 Å². The number of anilines is 1. The van der Waals surface area contributed by atoms with Crippen LogP contribution < -0.4 is 5.32 Å². The first-order chi connectivity index (χ1) is 12.5. The minimum atomic E-state index is 0.0657. The second-order valence-electron chi connectivity index (χ2n) is 7.36. The third-order valence-electron chi connectivity index (χ3n) is 5.19. The summed E-state index contributed by atoms with van der Waals surface area (Å²) in [7, 11) is 0. The molecular weight excluding hydrogens is 346 g/mol. The molecule has 0 radical (unpaired) electrons. The van der Waals surface area contributed by atoms with Crippen molar-refractivity contribution in [3.05, 3.63) is 45.5 Å². The van der Waals surface area contributed by atoms with Gasteiger partial charge in [-0.05, 0) is 38.8 Å². The van der Waals surface area contributed by atoms with E-state index in [9.17, 15) is 9.59 Å². The molecule has 2 amide bonds. The number of carbonyl (C=O) groups excluding carboxylic acids is 2. The van der Waals surface area contributed by atoms with Crippen molar-refractivity contribution in [2.45, 2.75) is 46.1 Å². The summed E-state index contributed by atoms with van der Waals surface area (Å²) in [6.45, 7) is 5.26. The van der Waals surface area contributed by atoms with Crippen LogP contribution in [0.15, 0.2) is 18.2 Å². The lowest BCUT2D eigenvalue weighted by molar-refractivity contribution is -0.122. The molecule has 5 nitrogen and oxygen atoms in total. The van der Waals surface area contributed by atoms with Crippen LogP contribution in [0, 0.1) is 19.8 Å². The lowest BCUT2D eigenvalue weighted by Crippen LogP contribution is -2.35. The number of hydrogen-bond acceptors (Lipinski definition) is 4. The van der Waals surface area contributed by atoms with Crippen LogP contribution >= 0.6 is 11.3 Å². The lowest BCUT2D eigenvalue weighted by atomic mass is 9.85. The molecule has 0 atom stereocenters. The maximum absolute atomic E-state index is 12.9. The van der Waals surface area contributed by atoms with Gasteiger partial charge in [-0.3, -0.25) is 9.59 Å². The summed E-state index contributed by atoms with van der Waals surface area (Å²) in [5, 5.41) is 3.63. The van der Waals surface area contributed by atoms with E-state index < -0.39 is 0 Å². The molecule has 2 aromatic rings. The highest BCUT2D eigenvalue weighted by Crippen LogP contribution is 2.32. The van der Waals surface area contributed by atoms with E-state index in [-0.39, 0.29) is 17.7 Å². The Hall–Kier alpha value is -2.21. The largest absolute Gasteiger partial charge is 0.333 e. The number of aryl methyl sites for hydroxylation is 2. The highest BCUT2D eigenvalue weighted by Gasteiger charge is 2.28. The minimum absolute atomic E-state index is 0.0657. The van der Waals surface area contributed by atoms with Crippen LogP contribution in [0.3, 0.4) is 0 Å². The second-order valence-corrected chi connectivity index (χ2v) is 8.44. The molecule has 1 N–H and O–H groups in total. The molecule has 2 aliphatic rings. The van der Waals surface area contributed by atoms with Gasteiger partial charge in [0.25, 0.3) is 5.91 Å². The normalized spacial score (nSPS) is 16.8. The zero-order chi connectivity index (χ0) is 18.3. The molecule has 6 heteroatoms. The number of amides is 2. The Kier molecular flexibility index (Phi) is 4.53. The molecule has 1 aromatic heterocycles. The molecule has 0 saturated heterocycles. The Morgan fingerprint density at radius 1 is 1.19 bits per heavy atom. The summed E-state index contributed by atoms with van der Waals surface area (Å²) in [6, 6.07) is 5.97. The van der Waals surface area contributed by atoms with Crippen LogP contribution in [0.4, 0.5) is 5.13 Å². The van der Waals surface area contributed by atoms with Crippen LogP contribution in [0.2, 0.25) is 0 Å². The highest BCUT2D eigenvalue weighted by molar-refractivity contribution is 7.15. The lowest BCUT2D eigenvalue weighted by Gasteiger charge is -2.26. The van der Waals surface area contributed by atoms with E-state index in [0.717, 1.165) is 52.9 Å². The number of carbonyl (C=O) groups is 2. The van der Waals surface area contributed by atoms with Crippen molar-refractivity contribution in [1.29, 1.82) is 0 Å². The van der Waals surface area contributed by atoms with Crippen LogP contribution in [-0.2, 0) is 17.8 Å². The van der Waals surface area contributed by atoms with E-state index in [1.807, 2.05) is 30.9 Å². The fraction of sp³-hybridized carbons (Fsp3) is 0.450. The van der Waals surface area contributed by atoms with E-state index in [0.29, 0.717) is 18.2 Å². The smallest absolute Gasteiger partial charge is 0.254 e. The third-order valence-corrected chi connectivity index (χ3v) is 6.19. The molecule has 1 aliphatic carbocycles. The summed E-state index contributed by atoms with van der Waals surface area (Å²) in [5.74, 6) is 0.306. The van der Waals surface area contributed by atoms with Crippen LogP contribution in [0.1, 0.15) is 51.3 Å². The standard InChI is InChI=1S/C20H23N3O2S/c1-12-8-13(2)10-15(9-12)19(25)23-7-6-16-17(11-23)26-20(21-16)22-18(24)14-4-3-5-14/h8-10,14H,3-7,11H2,1-2H3,(H,21,22,24). The molecule has 1 aliphatic heterocycles. The minimum Gasteiger partial charge on any atom is -0.333 e. The Bertz CT molecular complexity index is 850. The summed E-state index contributed by atoms with van der Waals surface area (Å²) in [5.41, 5.74) is 3.96. The summed E-state index contributed by atoms with van der Waals surface area (Å²) >= 11 is 1.50. The number of nitrogens with zero attached hydrogens (tertiary/aromatic N) is 2. The zero-order valence-corrected chi connectivity index (χ0v) is 16.0. The molecule has 1 aromatic carbocycles. The molecule has 0 bridgehead atoms. The fourth-order valence-electron chi connectivity index (χ4n) is 3.58. The molecule has 136 valence electrons. The number of fused-ring (bicyclic) bond motifs is 1. The monoisotopic (exact) mass is 369 g/mol. The second kappa shape index (κ2) is 6.83. The van der Waals surface area contributed by atoms with Gasteiger partial charge in [0.2, 0.25) is 5.91 Å². The highest BCUT2D eigenvalue weighted by atomic mass is 32.1. The number of benzene rings is 1. The fourth-order valence-corrected chi connectivity index (χ4v) is 4.61. The Morgan fingerprint density at radius 2 is 1.92 bits per heavy atom. The molecule has 26 heavy (non-hydrogen) atoms. The van der Waals surface area contributed by atoms with Crippen LogP contribution in [0.25, 0.3) is 0 Å². The number of aromatic nitrogens is 1. The maximum Gasteiger partial charge on any atom is 0.254 e. The first kappa shape index (κ1) is 17.2. The number of thiazole rings is 1. The number of rotatable bonds is 3. The van der Waals surface area contributed by atoms with E-state index >= 15 is 0 Å². The van der Waals surface area contributed by atoms with Gasteiger partial charge in [0.05, 0.1) is 12.2 Å². The molecule has 2 heterocycles. The predicted octanol–water partition coefficient (Wildman–Crippen LogP) is 3.70. The summed E-state index contributed by atoms with van der Waals surface area (Å²) in [6.07, 6.45) is 3.84. The molecule has 1 fully saturated rings. The number of nitrogens with one attached hydrogen (secondary N) is 1. The molecule has 0 unspecified atom stereocenters. The van der Waals surface area contributed by atoms with E-state index in [4.69, 9.17) is 0 Å². The summed E-state index contributed by atoms with van der Waals surface area (Å²) < 4.78 is 0. The molecule has 0 spiro atoms. The van der Waals surface area contributed by atoms with Gasteiger partial charge in [0, 0.05) is 29.3 Å². The van der Waals surface area contributed by atoms with Gasteiger partial charge >= 0.3 is 0 Å². The zero-order valence-electron chi connectivity index (χ0n) is 15.2.